The quantitative estimate of drug-likeness (QED) is 0.852. The molecule has 0 fully saturated rings. The number of rotatable bonds is 6. The van der Waals surface area contributed by atoms with Gasteiger partial charge in [0.25, 0.3) is 0 Å². The summed E-state index contributed by atoms with van der Waals surface area (Å²) in [7, 11) is 0. The highest BCUT2D eigenvalue weighted by molar-refractivity contribution is 5.31. The Morgan fingerprint density at radius 1 is 1.20 bits per heavy atom. The summed E-state index contributed by atoms with van der Waals surface area (Å²) in [4.78, 5) is 10.7. The number of hydrogen-bond acceptors (Lipinski definition) is 6. The third-order valence-electron chi connectivity index (χ3n) is 3.09. The molecule has 0 atom stereocenters. The number of anilines is 1. The number of nitrogens with zero attached hydrogens (tertiary/aromatic N) is 5. The molecule has 0 aliphatic heterocycles. The van der Waals surface area contributed by atoms with E-state index in [0.29, 0.717) is 19.0 Å². The Hall–Kier alpha value is -2.08. The maximum atomic E-state index is 5.61. The number of aryl methyl sites for hydroxylation is 2. The Kier molecular flexibility index (Phi) is 4.95. The van der Waals surface area contributed by atoms with E-state index < -0.39 is 0 Å². The fraction of sp³-hybridized carbons (Fsp3) is 0.429. The lowest BCUT2D eigenvalue weighted by atomic mass is 10.2. The first-order valence-corrected chi connectivity index (χ1v) is 6.72. The molecule has 0 spiro atoms. The maximum Gasteiger partial charge on any atom is 0.245 e. The molecular weight excluding hydrogens is 252 g/mol. The summed E-state index contributed by atoms with van der Waals surface area (Å²) in [5, 5.41) is 8.34. The second kappa shape index (κ2) is 6.91. The minimum Gasteiger partial charge on any atom is -0.335 e. The molecule has 2 aromatic rings. The fourth-order valence-corrected chi connectivity index (χ4v) is 1.82. The van der Waals surface area contributed by atoms with E-state index in [1.807, 2.05) is 32.2 Å². The van der Waals surface area contributed by atoms with Crippen LogP contribution >= 0.6 is 0 Å². The van der Waals surface area contributed by atoms with Crippen LogP contribution in [-0.2, 0) is 6.54 Å². The summed E-state index contributed by atoms with van der Waals surface area (Å²) >= 11 is 0. The predicted molar refractivity (Wildman–Crippen MR) is 78.3 cm³/mol. The van der Waals surface area contributed by atoms with Crippen LogP contribution in [0.15, 0.2) is 24.5 Å². The molecule has 20 heavy (non-hydrogen) atoms. The zero-order valence-electron chi connectivity index (χ0n) is 12.0. The Morgan fingerprint density at radius 2 is 2.05 bits per heavy atom. The van der Waals surface area contributed by atoms with E-state index in [-0.39, 0.29) is 0 Å². The van der Waals surface area contributed by atoms with Crippen LogP contribution in [-0.4, -0.2) is 33.3 Å². The van der Waals surface area contributed by atoms with Crippen molar-refractivity contribution in [2.45, 2.75) is 26.8 Å². The van der Waals surface area contributed by atoms with Crippen molar-refractivity contribution in [3.05, 3.63) is 41.5 Å². The van der Waals surface area contributed by atoms with Crippen LogP contribution in [0.4, 0.5) is 5.95 Å². The number of pyridine rings is 1. The smallest absolute Gasteiger partial charge is 0.245 e. The van der Waals surface area contributed by atoms with Gasteiger partial charge in [0.2, 0.25) is 5.95 Å². The van der Waals surface area contributed by atoms with Crippen LogP contribution < -0.4 is 10.6 Å². The molecule has 0 aliphatic carbocycles. The molecule has 2 aromatic heterocycles. The number of nitrogens with two attached hydrogens (primary N) is 1. The van der Waals surface area contributed by atoms with E-state index in [1.54, 1.807) is 6.20 Å². The van der Waals surface area contributed by atoms with Crippen LogP contribution in [0.1, 0.15) is 23.4 Å². The van der Waals surface area contributed by atoms with Crippen LogP contribution in [0, 0.1) is 13.8 Å². The lowest BCUT2D eigenvalue weighted by molar-refractivity contribution is 0.696. The average Bonchev–Trinajstić information content (AvgIpc) is 2.47. The summed E-state index contributed by atoms with van der Waals surface area (Å²) in [6, 6.07) is 3.97. The minimum atomic E-state index is 0.641. The highest BCUT2D eigenvalue weighted by Crippen LogP contribution is 2.12. The van der Waals surface area contributed by atoms with Crippen molar-refractivity contribution in [1.82, 2.24) is 20.2 Å². The van der Waals surface area contributed by atoms with Gasteiger partial charge in [-0.3, -0.25) is 4.98 Å². The molecule has 0 amide bonds. The lowest BCUT2D eigenvalue weighted by Gasteiger charge is -2.22. The zero-order valence-corrected chi connectivity index (χ0v) is 12.0. The SMILES string of the molecule is Cc1nnc(N(CCCN)Cc2cccnc2)nc1C. The van der Waals surface area contributed by atoms with Crippen LogP contribution in [0.2, 0.25) is 0 Å². The van der Waals surface area contributed by atoms with Crippen molar-refractivity contribution >= 4 is 5.95 Å². The summed E-state index contributed by atoms with van der Waals surface area (Å²) in [6.07, 6.45) is 4.50. The first-order chi connectivity index (χ1) is 9.70. The molecule has 0 bridgehead atoms. The molecule has 0 saturated carbocycles. The third kappa shape index (κ3) is 3.71. The van der Waals surface area contributed by atoms with E-state index in [0.717, 1.165) is 29.9 Å². The van der Waals surface area contributed by atoms with Gasteiger partial charge >= 0.3 is 0 Å². The molecule has 0 saturated heterocycles. The minimum absolute atomic E-state index is 0.641. The normalized spacial score (nSPS) is 10.6. The molecule has 0 unspecified atom stereocenters. The second-order valence-electron chi connectivity index (χ2n) is 4.71. The Balaban J connectivity index is 2.20. The Labute approximate surface area is 119 Å². The largest absolute Gasteiger partial charge is 0.335 e. The summed E-state index contributed by atoms with van der Waals surface area (Å²) in [6.45, 7) is 6.00. The van der Waals surface area contributed by atoms with Gasteiger partial charge in [-0.15, -0.1) is 5.10 Å². The van der Waals surface area contributed by atoms with Gasteiger partial charge in [-0.1, -0.05) is 6.07 Å². The first kappa shape index (κ1) is 14.3. The molecule has 106 valence electrons. The van der Waals surface area contributed by atoms with Gasteiger partial charge in [0.05, 0.1) is 11.4 Å². The van der Waals surface area contributed by atoms with Crippen molar-refractivity contribution in [1.29, 1.82) is 0 Å². The summed E-state index contributed by atoms with van der Waals surface area (Å²) < 4.78 is 0. The highest BCUT2D eigenvalue weighted by Gasteiger charge is 2.12. The van der Waals surface area contributed by atoms with Crippen molar-refractivity contribution in [2.24, 2.45) is 5.73 Å². The molecule has 6 heteroatoms. The molecular formula is C14H20N6. The van der Waals surface area contributed by atoms with Gasteiger partial charge in [0.15, 0.2) is 0 Å². The average molecular weight is 272 g/mol. The molecule has 0 aromatic carbocycles. The van der Waals surface area contributed by atoms with Gasteiger partial charge < -0.3 is 10.6 Å². The van der Waals surface area contributed by atoms with Gasteiger partial charge in [-0.25, -0.2) is 4.98 Å². The van der Waals surface area contributed by atoms with Crippen LogP contribution in [0.25, 0.3) is 0 Å². The van der Waals surface area contributed by atoms with E-state index in [1.165, 1.54) is 0 Å². The van der Waals surface area contributed by atoms with Crippen LogP contribution in [0.5, 0.6) is 0 Å². The Morgan fingerprint density at radius 3 is 2.70 bits per heavy atom. The van der Waals surface area contributed by atoms with E-state index in [4.69, 9.17) is 5.73 Å². The monoisotopic (exact) mass is 272 g/mol. The number of aromatic nitrogens is 4. The highest BCUT2D eigenvalue weighted by atomic mass is 15.3. The van der Waals surface area contributed by atoms with Crippen molar-refractivity contribution in [3.63, 3.8) is 0 Å². The third-order valence-corrected chi connectivity index (χ3v) is 3.09. The van der Waals surface area contributed by atoms with Crippen LogP contribution in [0.3, 0.4) is 0 Å². The van der Waals surface area contributed by atoms with Gasteiger partial charge in [-0.2, -0.15) is 5.10 Å². The molecule has 2 heterocycles. The van der Waals surface area contributed by atoms with Gasteiger partial charge in [0.1, 0.15) is 0 Å². The lowest BCUT2D eigenvalue weighted by Crippen LogP contribution is -2.28. The molecule has 0 radical (unpaired) electrons. The Bertz CT molecular complexity index is 543. The number of hydrogen-bond donors (Lipinski definition) is 1. The standard InChI is InChI=1S/C14H20N6/c1-11-12(2)18-19-14(17-11)20(8-4-6-15)10-13-5-3-7-16-9-13/h3,5,7,9H,4,6,8,10,15H2,1-2H3. The fourth-order valence-electron chi connectivity index (χ4n) is 1.82. The first-order valence-electron chi connectivity index (χ1n) is 6.72. The maximum absolute atomic E-state index is 5.61. The molecule has 2 N–H and O–H groups in total. The van der Waals surface area contributed by atoms with Gasteiger partial charge in [-0.05, 0) is 38.4 Å². The summed E-state index contributed by atoms with van der Waals surface area (Å²) in [5.41, 5.74) is 8.48. The summed E-state index contributed by atoms with van der Waals surface area (Å²) in [5.74, 6) is 0.644. The zero-order chi connectivity index (χ0) is 14.4. The van der Waals surface area contributed by atoms with E-state index >= 15 is 0 Å². The van der Waals surface area contributed by atoms with Crippen molar-refractivity contribution in [3.8, 4) is 0 Å². The molecule has 6 nitrogen and oxygen atoms in total. The van der Waals surface area contributed by atoms with E-state index in [9.17, 15) is 0 Å². The second-order valence-corrected chi connectivity index (χ2v) is 4.71. The molecule has 2 rings (SSSR count). The predicted octanol–water partition coefficient (Wildman–Crippen LogP) is 1.24. The van der Waals surface area contributed by atoms with Crippen molar-refractivity contribution in [2.75, 3.05) is 18.0 Å². The van der Waals surface area contributed by atoms with Crippen molar-refractivity contribution < 1.29 is 0 Å². The van der Waals surface area contributed by atoms with E-state index in [2.05, 4.69) is 25.1 Å². The molecule has 0 aliphatic rings. The van der Waals surface area contributed by atoms with Gasteiger partial charge in [0, 0.05) is 25.5 Å². The topological polar surface area (TPSA) is 80.8 Å².